The molecule has 0 radical (unpaired) electrons. The van der Waals surface area contributed by atoms with Crippen molar-refractivity contribution in [2.75, 3.05) is 6.54 Å². The summed E-state index contributed by atoms with van der Waals surface area (Å²) in [5.41, 5.74) is 3.64. The van der Waals surface area contributed by atoms with E-state index in [4.69, 9.17) is 4.98 Å². The second-order valence-corrected chi connectivity index (χ2v) is 8.13. The molecule has 0 aliphatic carbocycles. The SMILES string of the molecule is Cc1ccsc1CN1CCCC1c1ncc(C)n1Cc1ccc(F)cc1. The maximum Gasteiger partial charge on any atom is 0.126 e. The number of halogens is 1. The second-order valence-electron chi connectivity index (χ2n) is 7.13. The van der Waals surface area contributed by atoms with Crippen LogP contribution in [-0.4, -0.2) is 21.0 Å². The van der Waals surface area contributed by atoms with Gasteiger partial charge in [0.2, 0.25) is 0 Å². The van der Waals surface area contributed by atoms with Crippen molar-refractivity contribution in [1.29, 1.82) is 0 Å². The van der Waals surface area contributed by atoms with E-state index in [1.54, 1.807) is 0 Å². The van der Waals surface area contributed by atoms with Gasteiger partial charge in [0.05, 0.1) is 6.04 Å². The van der Waals surface area contributed by atoms with E-state index in [1.807, 2.05) is 29.7 Å². The first kappa shape index (κ1) is 17.4. The molecule has 0 spiro atoms. The van der Waals surface area contributed by atoms with Crippen molar-refractivity contribution in [1.82, 2.24) is 14.5 Å². The number of aromatic nitrogens is 2. The first-order valence-corrected chi connectivity index (χ1v) is 10.0. The zero-order chi connectivity index (χ0) is 18.1. The monoisotopic (exact) mass is 369 g/mol. The standard InChI is InChI=1S/C21H24FN3S/c1-15-9-11-26-20(15)14-24-10-3-4-19(24)21-23-12-16(2)25(21)13-17-5-7-18(22)8-6-17/h5-9,11-12,19H,3-4,10,13-14H2,1-2H3. The van der Waals surface area contributed by atoms with Gasteiger partial charge in [0.25, 0.3) is 0 Å². The average Bonchev–Trinajstić information content (AvgIpc) is 3.33. The molecule has 136 valence electrons. The van der Waals surface area contributed by atoms with Crippen molar-refractivity contribution in [2.45, 2.75) is 45.8 Å². The highest BCUT2D eigenvalue weighted by molar-refractivity contribution is 7.10. The van der Waals surface area contributed by atoms with Gasteiger partial charge in [-0.1, -0.05) is 12.1 Å². The molecule has 4 rings (SSSR count). The summed E-state index contributed by atoms with van der Waals surface area (Å²) >= 11 is 1.84. The number of imidazole rings is 1. The fraction of sp³-hybridized carbons (Fsp3) is 0.381. The number of nitrogens with zero attached hydrogens (tertiary/aromatic N) is 3. The van der Waals surface area contributed by atoms with E-state index < -0.39 is 0 Å². The molecule has 3 aromatic rings. The smallest absolute Gasteiger partial charge is 0.126 e. The molecule has 1 saturated heterocycles. The van der Waals surface area contributed by atoms with Crippen LogP contribution < -0.4 is 0 Å². The summed E-state index contributed by atoms with van der Waals surface area (Å²) in [6, 6.07) is 9.33. The molecule has 3 nitrogen and oxygen atoms in total. The number of hydrogen-bond donors (Lipinski definition) is 0. The van der Waals surface area contributed by atoms with Gasteiger partial charge >= 0.3 is 0 Å². The predicted molar refractivity (Wildman–Crippen MR) is 104 cm³/mol. The van der Waals surface area contributed by atoms with E-state index in [2.05, 4.69) is 34.8 Å². The Morgan fingerprint density at radius 2 is 1.96 bits per heavy atom. The summed E-state index contributed by atoms with van der Waals surface area (Å²) in [4.78, 5) is 8.77. The highest BCUT2D eigenvalue weighted by atomic mass is 32.1. The third-order valence-corrected chi connectivity index (χ3v) is 6.32. The normalized spacial score (nSPS) is 17.9. The minimum absolute atomic E-state index is 0.190. The van der Waals surface area contributed by atoms with Crippen molar-refractivity contribution in [2.24, 2.45) is 0 Å². The molecule has 1 atom stereocenters. The van der Waals surface area contributed by atoms with Gasteiger partial charge in [-0.2, -0.15) is 0 Å². The Hall–Kier alpha value is -1.98. The molecule has 1 aliphatic heterocycles. The van der Waals surface area contributed by atoms with E-state index >= 15 is 0 Å². The van der Waals surface area contributed by atoms with Gasteiger partial charge in [-0.25, -0.2) is 9.37 Å². The topological polar surface area (TPSA) is 21.1 Å². The van der Waals surface area contributed by atoms with Gasteiger partial charge in [-0.15, -0.1) is 11.3 Å². The van der Waals surface area contributed by atoms with Gasteiger partial charge in [0, 0.05) is 29.9 Å². The average molecular weight is 370 g/mol. The quantitative estimate of drug-likeness (QED) is 0.625. The van der Waals surface area contributed by atoms with E-state index in [0.717, 1.165) is 43.1 Å². The predicted octanol–water partition coefficient (Wildman–Crippen LogP) is 5.09. The lowest BCUT2D eigenvalue weighted by molar-refractivity contribution is 0.237. The van der Waals surface area contributed by atoms with Crippen LogP contribution >= 0.6 is 11.3 Å². The second kappa shape index (κ2) is 7.33. The molecule has 2 aromatic heterocycles. The largest absolute Gasteiger partial charge is 0.327 e. The number of thiophene rings is 1. The summed E-state index contributed by atoms with van der Waals surface area (Å²) in [7, 11) is 0. The van der Waals surface area contributed by atoms with Crippen LogP contribution in [-0.2, 0) is 13.1 Å². The number of aryl methyl sites for hydroxylation is 2. The third kappa shape index (κ3) is 3.46. The molecular weight excluding hydrogens is 345 g/mol. The Kier molecular flexibility index (Phi) is 4.92. The Balaban J connectivity index is 1.58. The molecule has 1 fully saturated rings. The van der Waals surface area contributed by atoms with Gasteiger partial charge in [0.1, 0.15) is 11.6 Å². The first-order valence-electron chi connectivity index (χ1n) is 9.15. The van der Waals surface area contributed by atoms with Gasteiger partial charge in [-0.3, -0.25) is 4.90 Å². The van der Waals surface area contributed by atoms with Crippen molar-refractivity contribution in [3.8, 4) is 0 Å². The minimum Gasteiger partial charge on any atom is -0.327 e. The van der Waals surface area contributed by atoms with Crippen LogP contribution in [0, 0.1) is 19.7 Å². The summed E-state index contributed by atoms with van der Waals surface area (Å²) in [5.74, 6) is 0.947. The van der Waals surface area contributed by atoms with E-state index in [1.165, 1.54) is 29.0 Å². The fourth-order valence-electron chi connectivity index (χ4n) is 3.78. The van der Waals surface area contributed by atoms with Crippen molar-refractivity contribution >= 4 is 11.3 Å². The molecule has 1 unspecified atom stereocenters. The van der Waals surface area contributed by atoms with Crippen molar-refractivity contribution in [3.05, 3.63) is 75.2 Å². The number of rotatable bonds is 5. The molecule has 1 aromatic carbocycles. The van der Waals surface area contributed by atoms with Crippen LogP contribution in [0.3, 0.4) is 0 Å². The Morgan fingerprint density at radius 3 is 2.69 bits per heavy atom. The summed E-state index contributed by atoms with van der Waals surface area (Å²) in [5, 5.41) is 2.18. The fourth-order valence-corrected chi connectivity index (χ4v) is 4.71. The molecule has 1 aliphatic rings. The minimum atomic E-state index is -0.190. The maximum atomic E-state index is 13.2. The zero-order valence-electron chi connectivity index (χ0n) is 15.3. The highest BCUT2D eigenvalue weighted by Gasteiger charge is 2.30. The zero-order valence-corrected chi connectivity index (χ0v) is 16.1. The van der Waals surface area contributed by atoms with E-state index in [0.29, 0.717) is 6.04 Å². The van der Waals surface area contributed by atoms with Gasteiger partial charge in [0.15, 0.2) is 0 Å². The lowest BCUT2D eigenvalue weighted by Gasteiger charge is -2.25. The Bertz CT molecular complexity index is 881. The van der Waals surface area contributed by atoms with Crippen LogP contribution in [0.2, 0.25) is 0 Å². The van der Waals surface area contributed by atoms with E-state index in [9.17, 15) is 4.39 Å². The molecule has 5 heteroatoms. The number of benzene rings is 1. The van der Waals surface area contributed by atoms with E-state index in [-0.39, 0.29) is 5.82 Å². The highest BCUT2D eigenvalue weighted by Crippen LogP contribution is 2.34. The lowest BCUT2D eigenvalue weighted by Crippen LogP contribution is -2.25. The van der Waals surface area contributed by atoms with Crippen molar-refractivity contribution in [3.63, 3.8) is 0 Å². The Morgan fingerprint density at radius 1 is 1.15 bits per heavy atom. The third-order valence-electron chi connectivity index (χ3n) is 5.32. The van der Waals surface area contributed by atoms with Crippen LogP contribution in [0.5, 0.6) is 0 Å². The Labute approximate surface area is 158 Å². The molecule has 3 heterocycles. The summed E-state index contributed by atoms with van der Waals surface area (Å²) < 4.78 is 15.5. The maximum absolute atomic E-state index is 13.2. The first-order chi connectivity index (χ1) is 12.6. The molecule has 0 bridgehead atoms. The van der Waals surface area contributed by atoms with Crippen molar-refractivity contribution < 1.29 is 4.39 Å². The molecule has 0 saturated carbocycles. The summed E-state index contributed by atoms with van der Waals surface area (Å²) in [6.45, 7) is 7.14. The van der Waals surface area contributed by atoms with Gasteiger partial charge < -0.3 is 4.57 Å². The summed E-state index contributed by atoms with van der Waals surface area (Å²) in [6.07, 6.45) is 4.31. The van der Waals surface area contributed by atoms with Crippen LogP contribution in [0.15, 0.2) is 41.9 Å². The molecule has 0 amide bonds. The van der Waals surface area contributed by atoms with Crippen LogP contribution in [0.1, 0.15) is 46.4 Å². The van der Waals surface area contributed by atoms with Gasteiger partial charge in [-0.05, 0) is 67.9 Å². The number of likely N-dealkylation sites (tertiary alicyclic amines) is 1. The molecule has 0 N–H and O–H groups in total. The van der Waals surface area contributed by atoms with Crippen LogP contribution in [0.25, 0.3) is 0 Å². The lowest BCUT2D eigenvalue weighted by atomic mass is 10.1. The van der Waals surface area contributed by atoms with Crippen LogP contribution in [0.4, 0.5) is 4.39 Å². The molecular formula is C21H24FN3S. The molecule has 26 heavy (non-hydrogen) atoms. The number of hydrogen-bond acceptors (Lipinski definition) is 3.